The Labute approximate surface area is 117 Å². The summed E-state index contributed by atoms with van der Waals surface area (Å²) in [6.45, 7) is 0. The molecule has 0 heterocycles. The molecule has 18 heavy (non-hydrogen) atoms. The van der Waals surface area contributed by atoms with Crippen LogP contribution in [0.4, 0.5) is 0 Å². The third-order valence-corrected chi connectivity index (χ3v) is 4.18. The fraction of sp³-hybridized carbons (Fsp3) is 0.167. The van der Waals surface area contributed by atoms with Crippen molar-refractivity contribution in [3.63, 3.8) is 0 Å². The van der Waals surface area contributed by atoms with Crippen LogP contribution in [0.25, 0.3) is 0 Å². The minimum atomic E-state index is -2.57. The molecule has 0 spiro atoms. The van der Waals surface area contributed by atoms with E-state index in [1.165, 1.54) is 12.1 Å². The van der Waals surface area contributed by atoms with Crippen LogP contribution in [-0.2, 0) is 10.7 Å². The molecular weight excluding hydrogens is 293 g/mol. The van der Waals surface area contributed by atoms with E-state index in [0.29, 0.717) is 10.7 Å². The Bertz CT molecular complexity index is 583. The molecule has 0 bridgehead atoms. The van der Waals surface area contributed by atoms with Crippen molar-refractivity contribution in [1.29, 1.82) is 0 Å². The van der Waals surface area contributed by atoms with Crippen LogP contribution in [-0.4, -0.2) is 13.8 Å². The third kappa shape index (κ3) is 2.71. The van der Waals surface area contributed by atoms with Gasteiger partial charge in [-0.1, -0.05) is 23.7 Å². The fourth-order valence-electron chi connectivity index (χ4n) is 1.88. The molecule has 2 N–H and O–H groups in total. The van der Waals surface area contributed by atoms with Crippen molar-refractivity contribution < 1.29 is 8.42 Å². The van der Waals surface area contributed by atoms with Gasteiger partial charge in [-0.25, -0.2) is 8.42 Å². The van der Waals surface area contributed by atoms with Crippen molar-refractivity contribution in [2.24, 2.45) is 5.73 Å². The standard InChI is InChI=1S/C12H11Cl2NO2S/c13-10-5-8(15)6-11(14)12(10)7-1-3-9(4-2-7)18(16)17/h1-6,10,12,18H,15H2. The maximum Gasteiger partial charge on any atom is 0.168 e. The van der Waals surface area contributed by atoms with Crippen LogP contribution in [0.1, 0.15) is 11.5 Å². The molecule has 1 aliphatic carbocycles. The maximum atomic E-state index is 10.8. The highest BCUT2D eigenvalue weighted by Gasteiger charge is 2.26. The zero-order valence-electron chi connectivity index (χ0n) is 9.22. The van der Waals surface area contributed by atoms with Crippen LogP contribution in [0.3, 0.4) is 0 Å². The Kier molecular flexibility index (Phi) is 4.00. The van der Waals surface area contributed by atoms with Crippen molar-refractivity contribution >= 4 is 33.9 Å². The Morgan fingerprint density at radius 2 is 1.78 bits per heavy atom. The average Bonchev–Trinajstić information content (AvgIpc) is 2.28. The van der Waals surface area contributed by atoms with Gasteiger partial charge in [-0.15, -0.1) is 11.6 Å². The molecule has 0 saturated heterocycles. The predicted molar refractivity (Wildman–Crippen MR) is 73.6 cm³/mol. The van der Waals surface area contributed by atoms with Gasteiger partial charge in [0.1, 0.15) is 0 Å². The van der Waals surface area contributed by atoms with Gasteiger partial charge in [0, 0.05) is 16.6 Å². The average molecular weight is 304 g/mol. The second-order valence-corrected chi connectivity index (χ2v) is 5.94. The van der Waals surface area contributed by atoms with E-state index in [2.05, 4.69) is 0 Å². The Morgan fingerprint density at radius 3 is 2.28 bits per heavy atom. The summed E-state index contributed by atoms with van der Waals surface area (Å²) in [6, 6.07) is 6.51. The first-order valence-corrected chi connectivity index (χ1v) is 7.21. The molecule has 2 atom stereocenters. The summed E-state index contributed by atoms with van der Waals surface area (Å²) in [5, 5.41) is 0.212. The van der Waals surface area contributed by atoms with Crippen molar-refractivity contribution in [1.82, 2.24) is 0 Å². The lowest BCUT2D eigenvalue weighted by Gasteiger charge is -2.24. The van der Waals surface area contributed by atoms with Gasteiger partial charge in [0.15, 0.2) is 10.7 Å². The van der Waals surface area contributed by atoms with Gasteiger partial charge in [0.2, 0.25) is 0 Å². The second kappa shape index (κ2) is 5.34. The maximum absolute atomic E-state index is 10.8. The SMILES string of the molecule is NC1=CC(Cl)C(c2ccc([SH](=O)=O)cc2)C(Cl)=C1. The van der Waals surface area contributed by atoms with Gasteiger partial charge in [-0.05, 0) is 29.8 Å². The van der Waals surface area contributed by atoms with Crippen LogP contribution in [0.5, 0.6) is 0 Å². The summed E-state index contributed by atoms with van der Waals surface area (Å²) < 4.78 is 21.6. The molecule has 1 aromatic carbocycles. The van der Waals surface area contributed by atoms with Crippen molar-refractivity contribution in [3.8, 4) is 0 Å². The molecule has 0 saturated carbocycles. The first-order chi connectivity index (χ1) is 8.49. The molecule has 96 valence electrons. The summed E-state index contributed by atoms with van der Waals surface area (Å²) >= 11 is 12.4. The van der Waals surface area contributed by atoms with Crippen LogP contribution in [0, 0.1) is 0 Å². The van der Waals surface area contributed by atoms with Gasteiger partial charge in [0.05, 0.1) is 10.3 Å². The van der Waals surface area contributed by atoms with Crippen molar-refractivity contribution in [3.05, 3.63) is 52.7 Å². The Hall–Kier alpha value is -0.970. The van der Waals surface area contributed by atoms with Crippen LogP contribution in [0.2, 0.25) is 0 Å². The van der Waals surface area contributed by atoms with E-state index >= 15 is 0 Å². The van der Waals surface area contributed by atoms with E-state index in [4.69, 9.17) is 28.9 Å². The number of hydrogen-bond acceptors (Lipinski definition) is 3. The molecule has 0 radical (unpaired) electrons. The van der Waals surface area contributed by atoms with Gasteiger partial charge in [-0.3, -0.25) is 0 Å². The zero-order chi connectivity index (χ0) is 13.3. The molecule has 0 amide bonds. The molecule has 2 rings (SSSR count). The zero-order valence-corrected chi connectivity index (χ0v) is 11.6. The molecule has 0 aliphatic heterocycles. The van der Waals surface area contributed by atoms with Gasteiger partial charge in [0.25, 0.3) is 0 Å². The minimum absolute atomic E-state index is 0.195. The lowest BCUT2D eigenvalue weighted by molar-refractivity contribution is 0.614. The number of hydrogen-bond donors (Lipinski definition) is 2. The van der Waals surface area contributed by atoms with E-state index in [0.717, 1.165) is 5.56 Å². The van der Waals surface area contributed by atoms with Crippen molar-refractivity contribution in [2.45, 2.75) is 16.2 Å². The third-order valence-electron chi connectivity index (χ3n) is 2.73. The lowest BCUT2D eigenvalue weighted by Crippen LogP contribution is -2.17. The van der Waals surface area contributed by atoms with Gasteiger partial charge in [-0.2, -0.15) is 0 Å². The van der Waals surface area contributed by atoms with E-state index in [-0.39, 0.29) is 16.2 Å². The summed E-state index contributed by atoms with van der Waals surface area (Å²) in [5.74, 6) is -0.195. The minimum Gasteiger partial charge on any atom is -0.399 e. The summed E-state index contributed by atoms with van der Waals surface area (Å²) in [4.78, 5) is 0.269. The number of rotatable bonds is 2. The van der Waals surface area contributed by atoms with E-state index in [9.17, 15) is 8.42 Å². The van der Waals surface area contributed by atoms with Crippen LogP contribution >= 0.6 is 23.2 Å². The normalized spacial score (nSPS) is 23.7. The Morgan fingerprint density at radius 1 is 1.17 bits per heavy atom. The number of halogens is 2. The number of alkyl halides is 1. The number of benzene rings is 1. The first kappa shape index (κ1) is 13.5. The van der Waals surface area contributed by atoms with Crippen LogP contribution < -0.4 is 5.73 Å². The lowest BCUT2D eigenvalue weighted by atomic mass is 9.91. The topological polar surface area (TPSA) is 60.2 Å². The molecule has 1 aromatic rings. The van der Waals surface area contributed by atoms with E-state index in [1.807, 2.05) is 0 Å². The highest BCUT2D eigenvalue weighted by atomic mass is 35.5. The van der Waals surface area contributed by atoms with Crippen molar-refractivity contribution in [2.75, 3.05) is 0 Å². The van der Waals surface area contributed by atoms with E-state index < -0.39 is 10.7 Å². The number of allylic oxidation sites excluding steroid dienone is 3. The highest BCUT2D eigenvalue weighted by Crippen LogP contribution is 2.37. The largest absolute Gasteiger partial charge is 0.399 e. The summed E-state index contributed by atoms with van der Waals surface area (Å²) in [5.41, 5.74) is 7.05. The van der Waals surface area contributed by atoms with Crippen LogP contribution in [0.15, 0.2) is 52.0 Å². The molecule has 0 fully saturated rings. The van der Waals surface area contributed by atoms with Gasteiger partial charge >= 0.3 is 0 Å². The van der Waals surface area contributed by atoms with E-state index in [1.54, 1.807) is 24.3 Å². The summed E-state index contributed by atoms with van der Waals surface area (Å²) in [6.07, 6.45) is 3.38. The molecule has 0 aromatic heterocycles. The quantitative estimate of drug-likeness (QED) is 0.651. The molecule has 1 aliphatic rings. The second-order valence-electron chi connectivity index (χ2n) is 3.97. The summed E-state index contributed by atoms with van der Waals surface area (Å²) in [7, 11) is -2.57. The monoisotopic (exact) mass is 303 g/mol. The number of nitrogens with two attached hydrogens (primary N) is 1. The smallest absolute Gasteiger partial charge is 0.168 e. The molecule has 3 nitrogen and oxygen atoms in total. The molecule has 2 unspecified atom stereocenters. The Balaban J connectivity index is 2.35. The van der Waals surface area contributed by atoms with Gasteiger partial charge < -0.3 is 5.73 Å². The highest BCUT2D eigenvalue weighted by molar-refractivity contribution is 7.72. The first-order valence-electron chi connectivity index (χ1n) is 5.22. The fourth-order valence-corrected chi connectivity index (χ4v) is 3.15. The number of thiol groups is 1. The predicted octanol–water partition coefficient (Wildman–Crippen LogP) is 2.33. The molecular formula is C12H11Cl2NO2S. The molecule has 6 heteroatoms.